The largest absolute Gasteiger partial charge is 0.384 e. The van der Waals surface area contributed by atoms with Gasteiger partial charge in [0.25, 0.3) is 10.0 Å². The van der Waals surface area contributed by atoms with Crippen LogP contribution >= 0.6 is 22.9 Å². The summed E-state index contributed by atoms with van der Waals surface area (Å²) in [7, 11) is -4.02. The molecule has 1 unspecified atom stereocenters. The number of hydrogen-bond donors (Lipinski definition) is 3. The number of aliphatic hydroxyl groups is 1. The van der Waals surface area contributed by atoms with Crippen LogP contribution in [0.5, 0.6) is 0 Å². The number of rotatable bonds is 6. The van der Waals surface area contributed by atoms with Crippen molar-refractivity contribution in [2.75, 3.05) is 4.72 Å². The Hall–Kier alpha value is -2.79. The number of thiazole rings is 1. The van der Waals surface area contributed by atoms with E-state index in [1.165, 1.54) is 18.3 Å². The van der Waals surface area contributed by atoms with Crippen LogP contribution in [0.1, 0.15) is 17.2 Å². The normalized spacial score (nSPS) is 12.6. The number of H-pyrrole nitrogens is 1. The third kappa shape index (κ3) is 4.08. The van der Waals surface area contributed by atoms with Crippen molar-refractivity contribution >= 4 is 38.1 Å². The van der Waals surface area contributed by atoms with Crippen molar-refractivity contribution in [3.8, 4) is 11.1 Å². The van der Waals surface area contributed by atoms with E-state index in [4.69, 9.17) is 11.6 Å². The van der Waals surface area contributed by atoms with Crippen LogP contribution in [0.25, 0.3) is 11.1 Å². The fraction of sp³-hybridized carbons (Fsp3) is 0.0526. The fourth-order valence-corrected chi connectivity index (χ4v) is 4.90. The fourth-order valence-electron chi connectivity index (χ4n) is 2.93. The van der Waals surface area contributed by atoms with Crippen LogP contribution in [0.15, 0.2) is 65.3 Å². The maximum Gasteiger partial charge on any atom is 0.263 e. The summed E-state index contributed by atoms with van der Waals surface area (Å²) >= 11 is 7.18. The van der Waals surface area contributed by atoms with Gasteiger partial charge in [-0.1, -0.05) is 23.7 Å². The highest BCUT2D eigenvalue weighted by Gasteiger charge is 2.23. The number of aromatic amines is 1. The highest BCUT2D eigenvalue weighted by atomic mass is 35.5. The van der Waals surface area contributed by atoms with E-state index in [9.17, 15) is 17.9 Å². The summed E-state index contributed by atoms with van der Waals surface area (Å²) in [4.78, 5) is 3.57. The highest BCUT2D eigenvalue weighted by Crippen LogP contribution is 2.35. The van der Waals surface area contributed by atoms with Crippen LogP contribution in [-0.4, -0.2) is 28.7 Å². The van der Waals surface area contributed by atoms with Crippen LogP contribution < -0.4 is 4.72 Å². The zero-order valence-electron chi connectivity index (χ0n) is 15.1. The number of benzene rings is 2. The summed E-state index contributed by atoms with van der Waals surface area (Å²) in [6.45, 7) is 0. The molecule has 2 heterocycles. The minimum absolute atomic E-state index is 0.0738. The van der Waals surface area contributed by atoms with E-state index in [2.05, 4.69) is 19.9 Å². The van der Waals surface area contributed by atoms with Gasteiger partial charge >= 0.3 is 0 Å². The number of halogens is 2. The molecule has 4 rings (SSSR count). The van der Waals surface area contributed by atoms with Gasteiger partial charge in [0, 0.05) is 33.9 Å². The van der Waals surface area contributed by atoms with Gasteiger partial charge in [-0.15, -0.1) is 11.3 Å². The van der Waals surface area contributed by atoms with Crippen LogP contribution in [0.4, 0.5) is 9.52 Å². The van der Waals surface area contributed by atoms with E-state index in [1.807, 2.05) is 0 Å². The number of nitrogens with one attached hydrogen (secondary N) is 2. The lowest BCUT2D eigenvalue weighted by atomic mass is 9.94. The van der Waals surface area contributed by atoms with Gasteiger partial charge in [0.05, 0.1) is 11.1 Å². The van der Waals surface area contributed by atoms with Crippen molar-refractivity contribution in [1.29, 1.82) is 0 Å². The van der Waals surface area contributed by atoms with Crippen LogP contribution in [-0.2, 0) is 10.0 Å². The lowest BCUT2D eigenvalue weighted by Gasteiger charge is -2.17. The van der Waals surface area contributed by atoms with Crippen LogP contribution in [0, 0.1) is 5.82 Å². The SMILES string of the molecule is O=S(=O)(Nc1nccs1)c1ccc(C(O)c2ccc(Cl)cc2-c2cn[nH]c2)c(F)c1. The molecule has 0 radical (unpaired) electrons. The molecule has 0 aliphatic heterocycles. The Morgan fingerprint density at radius 2 is 2.00 bits per heavy atom. The van der Waals surface area contributed by atoms with E-state index in [-0.39, 0.29) is 15.6 Å². The first kappa shape index (κ1) is 20.5. The number of sulfonamides is 1. The molecule has 2 aromatic heterocycles. The first-order valence-corrected chi connectivity index (χ1v) is 11.3. The minimum Gasteiger partial charge on any atom is -0.384 e. The maximum absolute atomic E-state index is 14.8. The predicted molar refractivity (Wildman–Crippen MR) is 112 cm³/mol. The van der Waals surface area contributed by atoms with Crippen molar-refractivity contribution in [3.05, 3.63) is 82.3 Å². The molecule has 0 bridgehead atoms. The second-order valence-corrected chi connectivity index (χ2v) is 9.26. The second-order valence-electron chi connectivity index (χ2n) is 6.25. The third-order valence-electron chi connectivity index (χ3n) is 4.35. The van der Waals surface area contributed by atoms with Crippen LogP contribution in [0.3, 0.4) is 0 Å². The van der Waals surface area contributed by atoms with Gasteiger partial charge in [0.15, 0.2) is 5.13 Å². The predicted octanol–water partition coefficient (Wildman–Crippen LogP) is 4.21. The Bertz CT molecular complexity index is 1280. The summed E-state index contributed by atoms with van der Waals surface area (Å²) in [5.41, 5.74) is 1.57. The molecule has 30 heavy (non-hydrogen) atoms. The van der Waals surface area contributed by atoms with E-state index >= 15 is 0 Å². The quantitative estimate of drug-likeness (QED) is 0.396. The van der Waals surface area contributed by atoms with Gasteiger partial charge in [-0.3, -0.25) is 9.82 Å². The standard InChI is InChI=1S/C19H14ClFN4O3S2/c20-12-1-3-14(16(7-12)11-9-23-24-10-11)18(26)15-4-2-13(8-17(15)21)30(27,28)25-19-22-5-6-29-19/h1-10,18,26H,(H,22,25)(H,23,24). The van der Waals surface area contributed by atoms with Gasteiger partial charge in [-0.2, -0.15) is 5.10 Å². The molecule has 0 fully saturated rings. The Labute approximate surface area is 180 Å². The first-order valence-electron chi connectivity index (χ1n) is 8.53. The van der Waals surface area contributed by atoms with Crippen molar-refractivity contribution in [2.45, 2.75) is 11.0 Å². The van der Waals surface area contributed by atoms with Crippen molar-refractivity contribution in [2.24, 2.45) is 0 Å². The van der Waals surface area contributed by atoms with E-state index < -0.39 is 21.9 Å². The third-order valence-corrected chi connectivity index (χ3v) is 6.74. The molecule has 0 spiro atoms. The Morgan fingerprint density at radius 3 is 2.67 bits per heavy atom. The van der Waals surface area contributed by atoms with Gasteiger partial charge in [-0.25, -0.2) is 17.8 Å². The smallest absolute Gasteiger partial charge is 0.263 e. The summed E-state index contributed by atoms with van der Waals surface area (Å²) in [6.07, 6.45) is 3.28. The Morgan fingerprint density at radius 1 is 1.20 bits per heavy atom. The zero-order valence-corrected chi connectivity index (χ0v) is 17.5. The summed E-state index contributed by atoms with van der Waals surface area (Å²) < 4.78 is 42.0. The average molecular weight is 465 g/mol. The first-order chi connectivity index (χ1) is 14.3. The molecule has 3 N–H and O–H groups in total. The number of nitrogens with zero attached hydrogens (tertiary/aromatic N) is 2. The van der Waals surface area contributed by atoms with E-state index in [0.717, 1.165) is 17.4 Å². The lowest BCUT2D eigenvalue weighted by Crippen LogP contribution is -2.14. The molecular weight excluding hydrogens is 451 g/mol. The molecule has 4 aromatic rings. The molecule has 0 aliphatic rings. The van der Waals surface area contributed by atoms with Gasteiger partial charge < -0.3 is 5.11 Å². The molecule has 0 saturated heterocycles. The monoisotopic (exact) mass is 464 g/mol. The summed E-state index contributed by atoms with van der Waals surface area (Å²) in [5.74, 6) is -0.863. The van der Waals surface area contributed by atoms with Gasteiger partial charge in [0.1, 0.15) is 11.9 Å². The average Bonchev–Trinajstić information content (AvgIpc) is 3.41. The number of hydrogen-bond acceptors (Lipinski definition) is 6. The van der Waals surface area contributed by atoms with Gasteiger partial charge in [-0.05, 0) is 35.4 Å². The lowest BCUT2D eigenvalue weighted by molar-refractivity contribution is 0.215. The minimum atomic E-state index is -4.02. The molecule has 0 aliphatic carbocycles. The molecule has 1 atom stereocenters. The van der Waals surface area contributed by atoms with Crippen LogP contribution in [0.2, 0.25) is 5.02 Å². The second kappa shape index (κ2) is 8.15. The number of anilines is 1. The molecule has 2 aromatic carbocycles. The molecule has 154 valence electrons. The van der Waals surface area contributed by atoms with Crippen molar-refractivity contribution in [3.63, 3.8) is 0 Å². The Balaban J connectivity index is 1.69. The van der Waals surface area contributed by atoms with E-state index in [0.29, 0.717) is 21.7 Å². The zero-order chi connectivity index (χ0) is 21.3. The van der Waals surface area contributed by atoms with Crippen molar-refractivity contribution in [1.82, 2.24) is 15.2 Å². The molecule has 11 heteroatoms. The molecule has 0 saturated carbocycles. The maximum atomic E-state index is 14.8. The van der Waals surface area contributed by atoms with E-state index in [1.54, 1.807) is 36.0 Å². The molecule has 7 nitrogen and oxygen atoms in total. The summed E-state index contributed by atoms with van der Waals surface area (Å²) in [6, 6.07) is 8.14. The van der Waals surface area contributed by atoms with Gasteiger partial charge in [0.2, 0.25) is 0 Å². The summed E-state index contributed by atoms with van der Waals surface area (Å²) in [5, 5.41) is 19.7. The topological polar surface area (TPSA) is 108 Å². The molecule has 0 amide bonds. The number of aliphatic hydroxyl groups excluding tert-OH is 1. The highest BCUT2D eigenvalue weighted by molar-refractivity contribution is 7.93. The number of aromatic nitrogens is 3. The molecular formula is C19H14ClFN4O3S2. The van der Waals surface area contributed by atoms with Crippen molar-refractivity contribution < 1.29 is 17.9 Å². The Kier molecular flexibility index (Phi) is 5.56.